The molecule has 2 heterocycles. The van der Waals surface area contributed by atoms with Crippen LogP contribution in [0.25, 0.3) is 0 Å². The lowest BCUT2D eigenvalue weighted by molar-refractivity contribution is -0.208. The molecule has 9 nitrogen and oxygen atoms in total. The van der Waals surface area contributed by atoms with Gasteiger partial charge in [-0.15, -0.1) is 11.6 Å². The molecule has 12 atom stereocenters. The van der Waals surface area contributed by atoms with Crippen molar-refractivity contribution in [1.82, 2.24) is 0 Å². The van der Waals surface area contributed by atoms with E-state index in [0.717, 1.165) is 12.8 Å². The SMILES string of the molecule is C=C1/C=C\[C@H](OC(C)=O)[C@]2(C)[C@H]([C@@H](C)[C@H](OC(=O)CCCCC)[C@@H]3O[C@@H]32)[C@H](O)[C@]2(O)[C@@H](C)C(=O)O[C@H]2[C@H]1Cl. The second-order valence-corrected chi connectivity index (χ2v) is 11.9. The maximum atomic E-state index is 12.7. The van der Waals surface area contributed by atoms with E-state index in [0.29, 0.717) is 12.0 Å². The van der Waals surface area contributed by atoms with E-state index < -0.39 is 82.7 Å². The van der Waals surface area contributed by atoms with Crippen LogP contribution in [0, 0.1) is 23.2 Å². The summed E-state index contributed by atoms with van der Waals surface area (Å²) >= 11 is 6.65. The first-order valence-electron chi connectivity index (χ1n) is 13.4. The van der Waals surface area contributed by atoms with Crippen LogP contribution >= 0.6 is 11.6 Å². The molecule has 1 saturated carbocycles. The van der Waals surface area contributed by atoms with E-state index >= 15 is 0 Å². The molecule has 212 valence electrons. The summed E-state index contributed by atoms with van der Waals surface area (Å²) in [5, 5.41) is 23.1. The molecule has 2 N–H and O–H groups in total. The number of epoxide rings is 1. The number of esters is 3. The van der Waals surface area contributed by atoms with Crippen molar-refractivity contribution in [2.45, 2.75) is 108 Å². The third-order valence-corrected chi connectivity index (χ3v) is 9.60. The van der Waals surface area contributed by atoms with Crippen LogP contribution in [0.4, 0.5) is 0 Å². The van der Waals surface area contributed by atoms with Crippen LogP contribution in [0.5, 0.6) is 0 Å². The molecule has 0 spiro atoms. The third-order valence-electron chi connectivity index (χ3n) is 9.09. The molecule has 2 aliphatic carbocycles. The van der Waals surface area contributed by atoms with E-state index in [1.165, 1.54) is 13.8 Å². The number of hydrogen-bond acceptors (Lipinski definition) is 9. The van der Waals surface area contributed by atoms with Crippen molar-refractivity contribution in [2.24, 2.45) is 23.2 Å². The van der Waals surface area contributed by atoms with Gasteiger partial charge in [-0.2, -0.15) is 0 Å². The van der Waals surface area contributed by atoms with E-state index in [1.54, 1.807) is 12.2 Å². The summed E-state index contributed by atoms with van der Waals surface area (Å²) in [5.74, 6) is -4.12. The Labute approximate surface area is 228 Å². The highest BCUT2D eigenvalue weighted by Crippen LogP contribution is 2.61. The predicted molar refractivity (Wildman–Crippen MR) is 137 cm³/mol. The molecule has 10 heteroatoms. The first kappa shape index (κ1) is 29.1. The smallest absolute Gasteiger partial charge is 0.312 e. The number of fused-ring (bicyclic) bond motifs is 4. The number of unbranched alkanes of at least 4 members (excludes halogenated alkanes) is 2. The maximum absolute atomic E-state index is 12.7. The summed E-state index contributed by atoms with van der Waals surface area (Å²) in [6.07, 6.45) is 0.559. The molecule has 2 aliphatic heterocycles. The summed E-state index contributed by atoms with van der Waals surface area (Å²) in [6, 6.07) is 0. The zero-order chi connectivity index (χ0) is 28.2. The van der Waals surface area contributed by atoms with Gasteiger partial charge in [-0.25, -0.2) is 0 Å². The molecule has 0 bridgehead atoms. The standard InChI is InChI=1S/C28H39ClO9/c1-7-8-9-10-18(31)36-21-14(3)19-23(32)28(34)15(4)26(33)38-24(28)20(29)13(2)11-12-17(35-16(5)30)27(19,6)25-22(21)37-25/h11-12,14-15,17,19-25,32,34H,2,7-10H2,1,3-6H3/b12-11-/t14-,15+,17+,19-,20+,21+,22+,23+,24+,25+,27-,28-/m1/s1. The first-order chi connectivity index (χ1) is 17.8. The van der Waals surface area contributed by atoms with E-state index in [1.807, 2.05) is 20.8 Å². The summed E-state index contributed by atoms with van der Waals surface area (Å²) in [6.45, 7) is 12.4. The minimum Gasteiger partial charge on any atom is -0.459 e. The van der Waals surface area contributed by atoms with E-state index in [-0.39, 0.29) is 12.4 Å². The Morgan fingerprint density at radius 1 is 1.21 bits per heavy atom. The number of ether oxygens (including phenoxy) is 4. The van der Waals surface area contributed by atoms with Gasteiger partial charge in [-0.05, 0) is 25.0 Å². The van der Waals surface area contributed by atoms with E-state index in [2.05, 4.69) is 6.58 Å². The monoisotopic (exact) mass is 554 g/mol. The highest BCUT2D eigenvalue weighted by molar-refractivity contribution is 6.23. The number of rotatable bonds is 6. The van der Waals surface area contributed by atoms with Gasteiger partial charge in [-0.3, -0.25) is 14.4 Å². The average molecular weight is 555 g/mol. The maximum Gasteiger partial charge on any atom is 0.312 e. The largest absolute Gasteiger partial charge is 0.459 e. The van der Waals surface area contributed by atoms with Crippen molar-refractivity contribution in [3.63, 3.8) is 0 Å². The van der Waals surface area contributed by atoms with Gasteiger partial charge in [0.15, 0.2) is 6.10 Å². The van der Waals surface area contributed by atoms with Gasteiger partial charge in [0, 0.05) is 30.6 Å². The number of allylic oxidation sites excluding steroid dienone is 1. The predicted octanol–water partition coefficient (Wildman–Crippen LogP) is 2.84. The summed E-state index contributed by atoms with van der Waals surface area (Å²) in [4.78, 5) is 37.6. The molecule has 0 amide bonds. The lowest BCUT2D eigenvalue weighted by Crippen LogP contribution is -2.67. The fourth-order valence-electron chi connectivity index (χ4n) is 6.83. The molecular formula is C28H39ClO9. The Morgan fingerprint density at radius 3 is 2.53 bits per heavy atom. The molecule has 0 aromatic rings. The van der Waals surface area contributed by atoms with Crippen LogP contribution in [0.2, 0.25) is 0 Å². The van der Waals surface area contributed by atoms with Crippen molar-refractivity contribution in [1.29, 1.82) is 0 Å². The molecule has 0 aromatic heterocycles. The first-order valence-corrected chi connectivity index (χ1v) is 13.9. The van der Waals surface area contributed by atoms with Gasteiger partial charge in [0.25, 0.3) is 0 Å². The molecule has 2 saturated heterocycles. The molecule has 0 radical (unpaired) electrons. The van der Waals surface area contributed by atoms with Crippen molar-refractivity contribution in [3.05, 3.63) is 24.3 Å². The number of carbonyl (C=O) groups excluding carboxylic acids is 3. The van der Waals surface area contributed by atoms with Crippen molar-refractivity contribution in [3.8, 4) is 0 Å². The fourth-order valence-corrected chi connectivity index (χ4v) is 7.16. The number of alkyl halides is 1. The Kier molecular flexibility index (Phi) is 8.07. The number of halogens is 1. The van der Waals surface area contributed by atoms with Gasteiger partial charge in [0.2, 0.25) is 0 Å². The van der Waals surface area contributed by atoms with Crippen LogP contribution in [-0.2, 0) is 33.3 Å². The molecular weight excluding hydrogens is 516 g/mol. The Balaban J connectivity index is 1.81. The highest BCUT2D eigenvalue weighted by Gasteiger charge is 2.74. The molecule has 38 heavy (non-hydrogen) atoms. The van der Waals surface area contributed by atoms with Crippen LogP contribution in [-0.4, -0.2) is 75.7 Å². The minimum atomic E-state index is -2.10. The normalized spacial score (nSPS) is 46.6. The van der Waals surface area contributed by atoms with Gasteiger partial charge >= 0.3 is 17.9 Å². The van der Waals surface area contributed by atoms with Crippen LogP contribution in [0.15, 0.2) is 24.3 Å². The zero-order valence-electron chi connectivity index (χ0n) is 22.6. The molecule has 0 aromatic carbocycles. The van der Waals surface area contributed by atoms with Crippen LogP contribution in [0.3, 0.4) is 0 Å². The van der Waals surface area contributed by atoms with Crippen molar-refractivity contribution >= 4 is 29.5 Å². The fraction of sp³-hybridized carbons (Fsp3) is 0.750. The van der Waals surface area contributed by atoms with Crippen molar-refractivity contribution < 1.29 is 43.5 Å². The zero-order valence-corrected chi connectivity index (χ0v) is 23.3. The summed E-state index contributed by atoms with van der Waals surface area (Å²) in [5.41, 5.74) is -2.85. The lowest BCUT2D eigenvalue weighted by Gasteiger charge is -2.53. The number of aliphatic hydroxyl groups excluding tert-OH is 1. The Morgan fingerprint density at radius 2 is 1.89 bits per heavy atom. The molecule has 3 fully saturated rings. The van der Waals surface area contributed by atoms with Gasteiger partial charge in [0.1, 0.15) is 23.9 Å². The topological polar surface area (TPSA) is 132 Å². The van der Waals surface area contributed by atoms with E-state index in [4.69, 9.17) is 30.5 Å². The van der Waals surface area contributed by atoms with Crippen LogP contribution < -0.4 is 0 Å². The van der Waals surface area contributed by atoms with E-state index in [9.17, 15) is 24.6 Å². The second kappa shape index (κ2) is 10.6. The Hall–Kier alpha value is -1.94. The van der Waals surface area contributed by atoms with Gasteiger partial charge < -0.3 is 29.2 Å². The van der Waals surface area contributed by atoms with Gasteiger partial charge in [0.05, 0.1) is 23.5 Å². The number of carbonyl (C=O) groups is 3. The molecule has 4 aliphatic rings. The number of aliphatic hydroxyl groups is 2. The second-order valence-electron chi connectivity index (χ2n) is 11.5. The Bertz CT molecular complexity index is 1010. The molecule has 4 rings (SSSR count). The minimum absolute atomic E-state index is 0.263. The summed E-state index contributed by atoms with van der Waals surface area (Å²) in [7, 11) is 0. The number of hydrogen-bond donors (Lipinski definition) is 2. The average Bonchev–Trinajstić information content (AvgIpc) is 3.63. The lowest BCUT2D eigenvalue weighted by atomic mass is 9.54. The van der Waals surface area contributed by atoms with Crippen molar-refractivity contribution in [2.75, 3.05) is 0 Å². The van der Waals surface area contributed by atoms with Crippen LogP contribution in [0.1, 0.15) is 60.3 Å². The summed E-state index contributed by atoms with van der Waals surface area (Å²) < 4.78 is 23.3. The highest BCUT2D eigenvalue weighted by atomic mass is 35.5. The third kappa shape index (κ3) is 4.59. The quantitative estimate of drug-likeness (QED) is 0.167. The molecule has 0 unspecified atom stereocenters. The van der Waals surface area contributed by atoms with Gasteiger partial charge in [-0.1, -0.05) is 46.3 Å².